The maximum absolute atomic E-state index is 13.7. The number of amides is 2. The second kappa shape index (κ2) is 7.39. The molecule has 2 aliphatic rings. The van der Waals surface area contributed by atoms with Crippen molar-refractivity contribution in [2.24, 2.45) is 0 Å². The monoisotopic (exact) mass is 437 g/mol. The quantitative estimate of drug-likeness (QED) is 0.679. The van der Waals surface area contributed by atoms with Crippen molar-refractivity contribution in [3.63, 3.8) is 0 Å². The average Bonchev–Trinajstić information content (AvgIpc) is 3.17. The molecule has 2 aliphatic heterocycles. The lowest BCUT2D eigenvalue weighted by molar-refractivity contribution is -0.166. The summed E-state index contributed by atoms with van der Waals surface area (Å²) >= 11 is 6.13. The minimum Gasteiger partial charge on any atom is -0.383 e. The number of aromatic nitrogens is 1. The molecule has 2 amide bonds. The van der Waals surface area contributed by atoms with E-state index in [0.717, 1.165) is 27.7 Å². The van der Waals surface area contributed by atoms with Crippen LogP contribution in [0.4, 0.5) is 0 Å². The van der Waals surface area contributed by atoms with Crippen LogP contribution in [0.15, 0.2) is 48.5 Å². The van der Waals surface area contributed by atoms with Gasteiger partial charge in [0.05, 0.1) is 18.8 Å². The molecule has 1 aromatic heterocycles. The number of hydrogen-bond acceptors (Lipinski definition) is 3. The van der Waals surface area contributed by atoms with Gasteiger partial charge in [-0.25, -0.2) is 0 Å². The lowest BCUT2D eigenvalue weighted by Crippen LogP contribution is -2.67. The Hall–Kier alpha value is -2.83. The predicted molar refractivity (Wildman–Crippen MR) is 119 cm³/mol. The molecule has 0 spiro atoms. The Morgan fingerprint density at radius 1 is 1.16 bits per heavy atom. The second-order valence-corrected chi connectivity index (χ2v) is 8.80. The number of rotatable bonds is 4. The van der Waals surface area contributed by atoms with E-state index in [1.54, 1.807) is 16.9 Å². The number of carbonyl (C=O) groups is 2. The van der Waals surface area contributed by atoms with Crippen molar-refractivity contribution in [1.82, 2.24) is 14.8 Å². The van der Waals surface area contributed by atoms with Gasteiger partial charge in [-0.2, -0.15) is 0 Å². The van der Waals surface area contributed by atoms with Crippen LogP contribution in [-0.4, -0.2) is 59.9 Å². The molecule has 0 bridgehead atoms. The van der Waals surface area contributed by atoms with E-state index in [2.05, 4.69) is 11.1 Å². The van der Waals surface area contributed by atoms with Crippen LogP contribution in [0.2, 0.25) is 5.02 Å². The zero-order valence-corrected chi connectivity index (χ0v) is 18.3. The molecule has 1 saturated heterocycles. The van der Waals surface area contributed by atoms with Gasteiger partial charge in [-0.3, -0.25) is 9.59 Å². The molecule has 3 heterocycles. The second-order valence-electron chi connectivity index (χ2n) is 8.36. The van der Waals surface area contributed by atoms with Gasteiger partial charge < -0.3 is 19.5 Å². The Morgan fingerprint density at radius 2 is 1.90 bits per heavy atom. The third kappa shape index (κ3) is 2.97. The fraction of sp³-hybridized carbons (Fsp3) is 0.333. The highest BCUT2D eigenvalue weighted by molar-refractivity contribution is 6.30. The molecule has 1 N–H and O–H groups in total. The Kier molecular flexibility index (Phi) is 4.79. The molecule has 0 unspecified atom stereocenters. The van der Waals surface area contributed by atoms with Crippen molar-refractivity contribution >= 4 is 34.3 Å². The standard InChI is InChI=1S/C24H24ClN3O3/c1-24-22-21(17-5-3-4-6-19(17)26-22)18(15-7-9-16(25)10-8-15)13-28(24)20(29)14-27(23(24)30)11-12-31-2/h3-10,18,26H,11-14H2,1-2H3/t18-,24-/m0/s1. The van der Waals surface area contributed by atoms with Crippen LogP contribution in [0.25, 0.3) is 10.9 Å². The molecular weight excluding hydrogens is 414 g/mol. The summed E-state index contributed by atoms with van der Waals surface area (Å²) < 4.78 is 5.16. The summed E-state index contributed by atoms with van der Waals surface area (Å²) in [4.78, 5) is 33.8. The maximum Gasteiger partial charge on any atom is 0.255 e. The van der Waals surface area contributed by atoms with Gasteiger partial charge in [0.1, 0.15) is 0 Å². The van der Waals surface area contributed by atoms with Crippen molar-refractivity contribution in [3.8, 4) is 0 Å². The third-order valence-corrected chi connectivity index (χ3v) is 6.91. The average molecular weight is 438 g/mol. The SMILES string of the molecule is COCCN1CC(=O)N2C[C@@H](c3ccc(Cl)cc3)c3c([nH]c4ccccc34)[C@@]2(C)C1=O. The van der Waals surface area contributed by atoms with E-state index >= 15 is 0 Å². The summed E-state index contributed by atoms with van der Waals surface area (Å²) in [7, 11) is 1.59. The molecule has 3 aromatic rings. The topological polar surface area (TPSA) is 65.6 Å². The number of nitrogens with one attached hydrogen (secondary N) is 1. The van der Waals surface area contributed by atoms with E-state index in [4.69, 9.17) is 16.3 Å². The Bertz CT molecular complexity index is 1170. The zero-order chi connectivity index (χ0) is 21.8. The number of aromatic amines is 1. The highest BCUT2D eigenvalue weighted by atomic mass is 35.5. The first kappa shape index (κ1) is 20.1. The van der Waals surface area contributed by atoms with Gasteiger partial charge in [-0.05, 0) is 36.2 Å². The molecule has 7 heteroatoms. The fourth-order valence-electron chi connectivity index (χ4n) is 5.05. The smallest absolute Gasteiger partial charge is 0.255 e. The molecule has 2 atom stereocenters. The molecule has 0 aliphatic carbocycles. The lowest BCUT2D eigenvalue weighted by Gasteiger charge is -2.51. The number of halogens is 1. The summed E-state index contributed by atoms with van der Waals surface area (Å²) in [6.07, 6.45) is 0. The van der Waals surface area contributed by atoms with Crippen LogP contribution in [0.3, 0.4) is 0 Å². The number of nitrogens with zero attached hydrogens (tertiary/aromatic N) is 2. The van der Waals surface area contributed by atoms with Crippen molar-refractivity contribution in [1.29, 1.82) is 0 Å². The van der Waals surface area contributed by atoms with E-state index < -0.39 is 5.54 Å². The summed E-state index contributed by atoms with van der Waals surface area (Å²) in [5.41, 5.74) is 2.82. The van der Waals surface area contributed by atoms with E-state index in [9.17, 15) is 9.59 Å². The first-order chi connectivity index (χ1) is 14.9. The van der Waals surface area contributed by atoms with Crippen LogP contribution < -0.4 is 0 Å². The number of carbonyl (C=O) groups excluding carboxylic acids is 2. The lowest BCUT2D eigenvalue weighted by atomic mass is 9.76. The van der Waals surface area contributed by atoms with Gasteiger partial charge in [0.2, 0.25) is 5.91 Å². The number of hydrogen-bond donors (Lipinski definition) is 1. The van der Waals surface area contributed by atoms with Crippen molar-refractivity contribution < 1.29 is 14.3 Å². The van der Waals surface area contributed by atoms with Crippen LogP contribution in [0, 0.1) is 0 Å². The zero-order valence-electron chi connectivity index (χ0n) is 17.5. The highest BCUT2D eigenvalue weighted by Crippen LogP contribution is 2.48. The minimum absolute atomic E-state index is 0.0542. The van der Waals surface area contributed by atoms with Crippen LogP contribution in [0.5, 0.6) is 0 Å². The fourth-order valence-corrected chi connectivity index (χ4v) is 5.18. The molecule has 0 radical (unpaired) electrons. The van der Waals surface area contributed by atoms with Crippen LogP contribution >= 0.6 is 11.6 Å². The number of H-pyrrole nitrogens is 1. The molecule has 2 aromatic carbocycles. The van der Waals surface area contributed by atoms with Gasteiger partial charge in [0, 0.05) is 42.0 Å². The van der Waals surface area contributed by atoms with Crippen LogP contribution in [-0.2, 0) is 19.9 Å². The molecule has 160 valence electrons. The van der Waals surface area contributed by atoms with E-state index in [0.29, 0.717) is 24.7 Å². The van der Waals surface area contributed by atoms with Crippen molar-refractivity contribution in [2.45, 2.75) is 18.4 Å². The normalized spacial score (nSPS) is 23.3. The Labute approximate surface area is 185 Å². The van der Waals surface area contributed by atoms with E-state index in [1.165, 1.54) is 0 Å². The van der Waals surface area contributed by atoms with Gasteiger partial charge in [0.15, 0.2) is 5.54 Å². The summed E-state index contributed by atoms with van der Waals surface area (Å²) in [6.45, 7) is 3.15. The molecule has 0 saturated carbocycles. The predicted octanol–water partition coefficient (Wildman–Crippen LogP) is 3.50. The van der Waals surface area contributed by atoms with E-state index in [1.807, 2.05) is 49.4 Å². The molecule has 5 rings (SSSR count). The van der Waals surface area contributed by atoms with Crippen LogP contribution in [0.1, 0.15) is 29.7 Å². The minimum atomic E-state index is -1.08. The first-order valence-electron chi connectivity index (χ1n) is 10.4. The molecule has 31 heavy (non-hydrogen) atoms. The maximum atomic E-state index is 13.7. The molecule has 1 fully saturated rings. The number of fused-ring (bicyclic) bond motifs is 5. The van der Waals surface area contributed by atoms with Gasteiger partial charge in [-0.1, -0.05) is 41.9 Å². The number of benzene rings is 2. The number of para-hydroxylation sites is 1. The van der Waals surface area contributed by atoms with Crippen molar-refractivity contribution in [3.05, 3.63) is 70.4 Å². The highest BCUT2D eigenvalue weighted by Gasteiger charge is 2.56. The Balaban J connectivity index is 1.72. The number of piperazine rings is 1. The largest absolute Gasteiger partial charge is 0.383 e. The van der Waals surface area contributed by atoms with Crippen molar-refractivity contribution in [2.75, 3.05) is 33.4 Å². The summed E-state index contributed by atoms with van der Waals surface area (Å²) in [5.74, 6) is -0.188. The van der Waals surface area contributed by atoms with Gasteiger partial charge >= 0.3 is 0 Å². The summed E-state index contributed by atoms with van der Waals surface area (Å²) in [5, 5.41) is 1.74. The van der Waals surface area contributed by atoms with Gasteiger partial charge in [-0.15, -0.1) is 0 Å². The van der Waals surface area contributed by atoms with Gasteiger partial charge in [0.25, 0.3) is 5.91 Å². The number of ether oxygens (including phenoxy) is 1. The first-order valence-corrected chi connectivity index (χ1v) is 10.8. The molecule has 6 nitrogen and oxygen atoms in total. The summed E-state index contributed by atoms with van der Waals surface area (Å²) in [6, 6.07) is 15.8. The third-order valence-electron chi connectivity index (χ3n) is 6.66. The number of methoxy groups -OCH3 is 1. The molecular formula is C24H24ClN3O3. The van der Waals surface area contributed by atoms with E-state index in [-0.39, 0.29) is 24.3 Å². The Morgan fingerprint density at radius 3 is 2.65 bits per heavy atom.